The molecule has 0 aromatic carbocycles. The molecule has 0 spiro atoms. The molecule has 1 aliphatic carbocycles. The molecule has 0 radical (unpaired) electrons. The zero-order valence-electron chi connectivity index (χ0n) is 13.9. The number of aliphatic hydroxyl groups is 1. The number of aliphatic hydroxyl groups excluding tert-OH is 1. The summed E-state index contributed by atoms with van der Waals surface area (Å²) in [5.41, 5.74) is 1.25. The van der Waals surface area contributed by atoms with Crippen molar-refractivity contribution in [2.45, 2.75) is 44.1 Å². The van der Waals surface area contributed by atoms with Crippen LogP contribution in [-0.2, 0) is 16.1 Å². The van der Waals surface area contributed by atoms with E-state index in [1.807, 2.05) is 29.4 Å². The number of amides is 1. The van der Waals surface area contributed by atoms with Gasteiger partial charge in [-0.3, -0.25) is 14.7 Å². The summed E-state index contributed by atoms with van der Waals surface area (Å²) in [5.74, 6) is 0.239. The molecule has 0 unspecified atom stereocenters. The van der Waals surface area contributed by atoms with Gasteiger partial charge in [0.05, 0.1) is 24.9 Å². The van der Waals surface area contributed by atoms with Crippen LogP contribution >= 0.6 is 0 Å². The summed E-state index contributed by atoms with van der Waals surface area (Å²) < 4.78 is 5.96. The number of ether oxygens (including phenoxy) is 1. The number of nitrogens with zero attached hydrogens (tertiary/aromatic N) is 3. The number of carbonyl (C=O) groups is 1. The van der Waals surface area contributed by atoms with Gasteiger partial charge < -0.3 is 14.7 Å². The maximum absolute atomic E-state index is 12.6. The molecule has 24 heavy (non-hydrogen) atoms. The van der Waals surface area contributed by atoms with E-state index < -0.39 is 0 Å². The van der Waals surface area contributed by atoms with Crippen LogP contribution < -0.4 is 0 Å². The predicted molar refractivity (Wildman–Crippen MR) is 88.1 cm³/mol. The van der Waals surface area contributed by atoms with Crippen molar-refractivity contribution in [2.24, 2.45) is 5.92 Å². The molecular weight excluding hydrogens is 306 g/mol. The number of piperidine rings is 1. The maximum Gasteiger partial charge on any atom is 0.225 e. The van der Waals surface area contributed by atoms with E-state index in [0.717, 1.165) is 39.2 Å². The van der Waals surface area contributed by atoms with E-state index in [4.69, 9.17) is 4.74 Å². The van der Waals surface area contributed by atoms with Gasteiger partial charge in [0.1, 0.15) is 0 Å². The Kier molecular flexibility index (Phi) is 4.52. The van der Waals surface area contributed by atoms with Crippen molar-refractivity contribution in [1.82, 2.24) is 14.8 Å². The summed E-state index contributed by atoms with van der Waals surface area (Å²) in [7, 11) is 0. The number of hydrogen-bond acceptors (Lipinski definition) is 5. The van der Waals surface area contributed by atoms with Gasteiger partial charge in [0.2, 0.25) is 5.91 Å². The molecule has 1 N–H and O–H groups in total. The fourth-order valence-electron chi connectivity index (χ4n) is 4.11. The van der Waals surface area contributed by atoms with Gasteiger partial charge in [-0.1, -0.05) is 0 Å². The normalized spacial score (nSPS) is 33.6. The highest BCUT2D eigenvalue weighted by Crippen LogP contribution is 2.31. The summed E-state index contributed by atoms with van der Waals surface area (Å²) in [5, 5.41) is 9.46. The second kappa shape index (κ2) is 6.78. The summed E-state index contributed by atoms with van der Waals surface area (Å²) in [6.07, 6.45) is 5.74. The smallest absolute Gasteiger partial charge is 0.225 e. The second-order valence-corrected chi connectivity index (χ2v) is 7.20. The molecule has 1 aromatic rings. The van der Waals surface area contributed by atoms with E-state index in [1.54, 1.807) is 0 Å². The van der Waals surface area contributed by atoms with Crippen LogP contribution in [0.3, 0.4) is 0 Å². The minimum atomic E-state index is -0.280. The molecule has 1 saturated carbocycles. The number of morpholine rings is 1. The Balaban J connectivity index is 1.42. The number of fused-ring (bicyclic) bond motifs is 1. The molecule has 3 heterocycles. The lowest BCUT2D eigenvalue weighted by atomic mass is 9.81. The van der Waals surface area contributed by atoms with E-state index in [1.165, 1.54) is 5.56 Å². The molecule has 3 aliphatic rings. The second-order valence-electron chi connectivity index (χ2n) is 7.20. The zero-order valence-corrected chi connectivity index (χ0v) is 13.9. The van der Waals surface area contributed by atoms with Crippen molar-refractivity contribution in [2.75, 3.05) is 26.2 Å². The third-order valence-corrected chi connectivity index (χ3v) is 5.61. The average Bonchev–Trinajstić information content (AvgIpc) is 2.59. The molecular formula is C18H25N3O3. The highest BCUT2D eigenvalue weighted by atomic mass is 16.5. The third-order valence-electron chi connectivity index (χ3n) is 5.61. The lowest BCUT2D eigenvalue weighted by Crippen LogP contribution is -2.61. The average molecular weight is 331 g/mol. The molecule has 3 fully saturated rings. The summed E-state index contributed by atoms with van der Waals surface area (Å²) in [6, 6.07) is 4.35. The van der Waals surface area contributed by atoms with Gasteiger partial charge in [0.25, 0.3) is 0 Å². The van der Waals surface area contributed by atoms with Crippen molar-refractivity contribution in [3.8, 4) is 0 Å². The van der Waals surface area contributed by atoms with Gasteiger partial charge in [-0.15, -0.1) is 0 Å². The quantitative estimate of drug-likeness (QED) is 0.881. The number of hydrogen-bond donors (Lipinski definition) is 1. The first-order valence-corrected chi connectivity index (χ1v) is 8.92. The number of rotatable bonds is 3. The first kappa shape index (κ1) is 16.0. The zero-order chi connectivity index (χ0) is 16.5. The lowest BCUT2D eigenvalue weighted by molar-refractivity contribution is -0.153. The molecule has 2 saturated heterocycles. The van der Waals surface area contributed by atoms with Gasteiger partial charge >= 0.3 is 0 Å². The number of aromatic nitrogens is 1. The Labute approximate surface area is 142 Å². The van der Waals surface area contributed by atoms with Crippen LogP contribution in [0.1, 0.15) is 24.8 Å². The molecule has 2 aliphatic heterocycles. The predicted octanol–water partition coefficient (Wildman–Crippen LogP) is 0.654. The molecule has 6 heteroatoms. The standard InChI is InChI=1S/C18H25N3O3/c22-15-9-14(10-15)18(23)21-6-3-17-16(12-21)20(7-8-24-17)11-13-1-4-19-5-2-13/h1-2,4-5,14-17,22H,3,6-12H2/t14?,15?,16-,17-/m0/s1. The fraction of sp³-hybridized carbons (Fsp3) is 0.667. The highest BCUT2D eigenvalue weighted by Gasteiger charge is 2.42. The summed E-state index contributed by atoms with van der Waals surface area (Å²) in [4.78, 5) is 21.1. The molecule has 1 amide bonds. The van der Waals surface area contributed by atoms with E-state index in [9.17, 15) is 9.90 Å². The Morgan fingerprint density at radius 3 is 2.83 bits per heavy atom. The minimum absolute atomic E-state index is 0.0229. The Morgan fingerprint density at radius 2 is 2.08 bits per heavy atom. The van der Waals surface area contributed by atoms with Crippen LogP contribution in [0.5, 0.6) is 0 Å². The van der Waals surface area contributed by atoms with E-state index in [-0.39, 0.29) is 30.1 Å². The number of pyridine rings is 1. The first-order valence-electron chi connectivity index (χ1n) is 8.92. The van der Waals surface area contributed by atoms with Crippen LogP contribution in [-0.4, -0.2) is 70.3 Å². The third kappa shape index (κ3) is 3.18. The van der Waals surface area contributed by atoms with Crippen LogP contribution in [0.15, 0.2) is 24.5 Å². The van der Waals surface area contributed by atoms with E-state index in [0.29, 0.717) is 12.8 Å². The van der Waals surface area contributed by atoms with Gasteiger partial charge in [-0.25, -0.2) is 0 Å². The molecule has 1 aromatic heterocycles. The number of likely N-dealkylation sites (tertiary alicyclic amines) is 1. The largest absolute Gasteiger partial charge is 0.393 e. The van der Waals surface area contributed by atoms with E-state index in [2.05, 4.69) is 9.88 Å². The van der Waals surface area contributed by atoms with Gasteiger partial charge in [-0.2, -0.15) is 0 Å². The fourth-order valence-corrected chi connectivity index (χ4v) is 4.11. The van der Waals surface area contributed by atoms with Crippen LogP contribution in [0.2, 0.25) is 0 Å². The molecule has 6 nitrogen and oxygen atoms in total. The maximum atomic E-state index is 12.6. The highest BCUT2D eigenvalue weighted by molar-refractivity contribution is 5.80. The topological polar surface area (TPSA) is 65.9 Å². The van der Waals surface area contributed by atoms with Gasteiger partial charge in [-0.05, 0) is 37.0 Å². The monoisotopic (exact) mass is 331 g/mol. The van der Waals surface area contributed by atoms with Crippen molar-refractivity contribution >= 4 is 5.91 Å². The lowest BCUT2D eigenvalue weighted by Gasteiger charge is -2.48. The van der Waals surface area contributed by atoms with Crippen molar-refractivity contribution < 1.29 is 14.6 Å². The van der Waals surface area contributed by atoms with Crippen LogP contribution in [0, 0.1) is 5.92 Å². The Hall–Kier alpha value is -1.50. The molecule has 2 atom stereocenters. The summed E-state index contributed by atoms with van der Waals surface area (Å²) in [6.45, 7) is 4.04. The van der Waals surface area contributed by atoms with Crippen molar-refractivity contribution in [3.63, 3.8) is 0 Å². The van der Waals surface area contributed by atoms with Crippen molar-refractivity contribution in [3.05, 3.63) is 30.1 Å². The van der Waals surface area contributed by atoms with Crippen molar-refractivity contribution in [1.29, 1.82) is 0 Å². The van der Waals surface area contributed by atoms with E-state index >= 15 is 0 Å². The SMILES string of the molecule is O=C(C1CC(O)C1)N1CC[C@@H]2OCCN(Cc3ccncc3)[C@H]2C1. The first-order chi connectivity index (χ1) is 11.7. The van der Waals surface area contributed by atoms with Crippen LogP contribution in [0.25, 0.3) is 0 Å². The van der Waals surface area contributed by atoms with Gasteiger partial charge in [0, 0.05) is 44.5 Å². The number of carbonyl (C=O) groups excluding carboxylic acids is 1. The summed E-state index contributed by atoms with van der Waals surface area (Å²) >= 11 is 0. The van der Waals surface area contributed by atoms with Gasteiger partial charge in [0.15, 0.2) is 0 Å². The molecule has 0 bridgehead atoms. The van der Waals surface area contributed by atoms with Crippen LogP contribution in [0.4, 0.5) is 0 Å². The molecule has 130 valence electrons. The Bertz CT molecular complexity index is 576. The molecule has 4 rings (SSSR count). The minimum Gasteiger partial charge on any atom is -0.393 e. The Morgan fingerprint density at radius 1 is 1.29 bits per heavy atom.